The highest BCUT2D eigenvalue weighted by Gasteiger charge is 2.09. The number of carbonyl (C=O) groups excluding carboxylic acids is 1. The minimum Gasteiger partial charge on any atom is -0.424 e. The van der Waals surface area contributed by atoms with E-state index in [2.05, 4.69) is 25.5 Å². The van der Waals surface area contributed by atoms with E-state index in [9.17, 15) is 9.59 Å². The highest BCUT2D eigenvalue weighted by molar-refractivity contribution is 5.91. The molecule has 2 aromatic rings. The van der Waals surface area contributed by atoms with Crippen molar-refractivity contribution in [3.05, 3.63) is 40.2 Å². The maximum atomic E-state index is 11.6. The molecule has 0 radical (unpaired) electrons. The molecule has 0 saturated heterocycles. The van der Waals surface area contributed by atoms with E-state index >= 15 is 0 Å². The summed E-state index contributed by atoms with van der Waals surface area (Å²) < 4.78 is 5.07. The lowest BCUT2D eigenvalue weighted by molar-refractivity contribution is 0.0941. The van der Waals surface area contributed by atoms with Gasteiger partial charge >= 0.3 is 0 Å². The summed E-state index contributed by atoms with van der Waals surface area (Å²) in [5.74, 6) is 0.233. The first-order chi connectivity index (χ1) is 8.15. The fourth-order valence-electron chi connectivity index (χ4n) is 1.15. The maximum absolute atomic E-state index is 11.6. The van der Waals surface area contributed by atoms with Crippen LogP contribution in [-0.4, -0.2) is 26.1 Å². The summed E-state index contributed by atoms with van der Waals surface area (Å²) in [6.07, 6.45) is 1.16. The molecule has 2 aromatic heterocycles. The van der Waals surface area contributed by atoms with Crippen molar-refractivity contribution in [2.75, 3.05) is 0 Å². The molecule has 0 spiro atoms. The zero-order valence-corrected chi connectivity index (χ0v) is 8.93. The van der Waals surface area contributed by atoms with Crippen LogP contribution in [0.1, 0.15) is 22.3 Å². The zero-order valence-electron chi connectivity index (χ0n) is 8.93. The number of aromatic amines is 1. The van der Waals surface area contributed by atoms with Crippen LogP contribution < -0.4 is 10.9 Å². The Morgan fingerprint density at radius 2 is 2.35 bits per heavy atom. The van der Waals surface area contributed by atoms with Crippen LogP contribution in [0.15, 0.2) is 21.6 Å². The van der Waals surface area contributed by atoms with Gasteiger partial charge in [-0.1, -0.05) is 0 Å². The lowest BCUT2D eigenvalue weighted by Gasteiger charge is -2.00. The molecule has 2 N–H and O–H groups in total. The molecular formula is C9H9N5O3. The van der Waals surface area contributed by atoms with Crippen LogP contribution >= 0.6 is 0 Å². The lowest BCUT2D eigenvalue weighted by atomic mass is 10.4. The first kappa shape index (κ1) is 11.0. The number of hydrogen-bond donors (Lipinski definition) is 2. The zero-order chi connectivity index (χ0) is 12.3. The third-order valence-corrected chi connectivity index (χ3v) is 1.88. The number of nitrogens with zero attached hydrogens (tertiary/aromatic N) is 3. The van der Waals surface area contributed by atoms with E-state index < -0.39 is 11.5 Å². The molecule has 8 heteroatoms. The number of aromatic nitrogens is 4. The van der Waals surface area contributed by atoms with Crippen molar-refractivity contribution in [1.29, 1.82) is 0 Å². The Kier molecular flexibility index (Phi) is 2.95. The normalized spacial score (nSPS) is 10.2. The molecule has 88 valence electrons. The Morgan fingerprint density at radius 3 is 3.00 bits per heavy atom. The maximum Gasteiger partial charge on any atom is 0.270 e. The molecule has 0 atom stereocenters. The number of carbonyl (C=O) groups is 1. The third-order valence-electron chi connectivity index (χ3n) is 1.88. The summed E-state index contributed by atoms with van der Waals surface area (Å²) in [5, 5.41) is 9.83. The number of nitrogens with one attached hydrogen (secondary N) is 2. The Labute approximate surface area is 95.1 Å². The highest BCUT2D eigenvalue weighted by atomic mass is 16.4. The van der Waals surface area contributed by atoms with Gasteiger partial charge in [0.2, 0.25) is 11.8 Å². The first-order valence-electron chi connectivity index (χ1n) is 4.77. The molecule has 0 aliphatic rings. The lowest BCUT2D eigenvalue weighted by Crippen LogP contribution is -2.25. The summed E-state index contributed by atoms with van der Waals surface area (Å²) in [6, 6.07) is 1.11. The van der Waals surface area contributed by atoms with Crippen LogP contribution in [0.2, 0.25) is 0 Å². The topological polar surface area (TPSA) is 114 Å². The summed E-state index contributed by atoms with van der Waals surface area (Å²) in [4.78, 5) is 28.6. The molecule has 0 fully saturated rings. The van der Waals surface area contributed by atoms with Gasteiger partial charge in [-0.2, -0.15) is 0 Å². The minimum atomic E-state index is -0.480. The van der Waals surface area contributed by atoms with Crippen molar-refractivity contribution < 1.29 is 9.21 Å². The Balaban J connectivity index is 2.00. The predicted molar refractivity (Wildman–Crippen MR) is 55.1 cm³/mol. The van der Waals surface area contributed by atoms with Gasteiger partial charge in [-0.3, -0.25) is 9.59 Å². The SMILES string of the molecule is Cc1nnc(CNC(=O)c2cc(=O)[nH]cn2)o1. The molecule has 0 aliphatic heterocycles. The molecule has 2 rings (SSSR count). The van der Waals surface area contributed by atoms with Crippen molar-refractivity contribution in [3.63, 3.8) is 0 Å². The number of aryl methyl sites for hydroxylation is 1. The van der Waals surface area contributed by atoms with Gasteiger partial charge < -0.3 is 14.7 Å². The van der Waals surface area contributed by atoms with E-state index in [1.807, 2.05) is 0 Å². The van der Waals surface area contributed by atoms with Crippen molar-refractivity contribution in [2.45, 2.75) is 13.5 Å². The van der Waals surface area contributed by atoms with Gasteiger partial charge in [0.1, 0.15) is 5.69 Å². The van der Waals surface area contributed by atoms with E-state index in [0.29, 0.717) is 11.8 Å². The number of rotatable bonds is 3. The summed E-state index contributed by atoms with van der Waals surface area (Å²) >= 11 is 0. The molecule has 0 unspecified atom stereocenters. The molecular weight excluding hydrogens is 226 g/mol. The van der Waals surface area contributed by atoms with Gasteiger partial charge in [0, 0.05) is 13.0 Å². The largest absolute Gasteiger partial charge is 0.424 e. The predicted octanol–water partition coefficient (Wildman–Crippen LogP) is -0.609. The summed E-state index contributed by atoms with van der Waals surface area (Å²) in [6.45, 7) is 1.74. The second kappa shape index (κ2) is 4.56. The van der Waals surface area contributed by atoms with Crippen LogP contribution in [0.4, 0.5) is 0 Å². The van der Waals surface area contributed by atoms with E-state index in [0.717, 1.165) is 12.4 Å². The van der Waals surface area contributed by atoms with Gasteiger partial charge in [-0.15, -0.1) is 10.2 Å². The summed E-state index contributed by atoms with van der Waals surface area (Å²) in [5.41, 5.74) is -0.358. The van der Waals surface area contributed by atoms with Crippen LogP contribution in [0.25, 0.3) is 0 Å². The van der Waals surface area contributed by atoms with Crippen LogP contribution in [-0.2, 0) is 6.54 Å². The van der Waals surface area contributed by atoms with Crippen molar-refractivity contribution >= 4 is 5.91 Å². The average molecular weight is 235 g/mol. The quantitative estimate of drug-likeness (QED) is 0.733. The Morgan fingerprint density at radius 1 is 1.53 bits per heavy atom. The van der Waals surface area contributed by atoms with E-state index in [1.165, 1.54) is 0 Å². The van der Waals surface area contributed by atoms with Crippen LogP contribution in [0.3, 0.4) is 0 Å². The minimum absolute atomic E-state index is 0.0324. The summed E-state index contributed by atoms with van der Waals surface area (Å²) in [7, 11) is 0. The number of H-pyrrole nitrogens is 1. The van der Waals surface area contributed by atoms with E-state index in [-0.39, 0.29) is 12.2 Å². The van der Waals surface area contributed by atoms with E-state index in [1.54, 1.807) is 6.92 Å². The second-order valence-electron chi connectivity index (χ2n) is 3.19. The molecule has 8 nitrogen and oxygen atoms in total. The molecule has 0 aromatic carbocycles. The van der Waals surface area contributed by atoms with Crippen molar-refractivity contribution in [1.82, 2.24) is 25.5 Å². The van der Waals surface area contributed by atoms with Crippen LogP contribution in [0.5, 0.6) is 0 Å². The Hall–Kier alpha value is -2.51. The third kappa shape index (κ3) is 2.74. The van der Waals surface area contributed by atoms with E-state index in [4.69, 9.17) is 4.42 Å². The van der Waals surface area contributed by atoms with Gasteiger partial charge in [0.15, 0.2) is 0 Å². The molecule has 0 aliphatic carbocycles. The fourth-order valence-corrected chi connectivity index (χ4v) is 1.15. The molecule has 0 saturated carbocycles. The standard InChI is InChI=1S/C9H9N5O3/c1-5-13-14-8(17-5)3-10-9(16)6-2-7(15)12-4-11-6/h2,4H,3H2,1H3,(H,10,16)(H,11,12,15). The molecule has 2 heterocycles. The number of hydrogen-bond acceptors (Lipinski definition) is 6. The monoisotopic (exact) mass is 235 g/mol. The molecule has 1 amide bonds. The van der Waals surface area contributed by atoms with Gasteiger partial charge in [-0.05, 0) is 0 Å². The Bertz CT molecular complexity index is 588. The van der Waals surface area contributed by atoms with Gasteiger partial charge in [0.25, 0.3) is 11.5 Å². The van der Waals surface area contributed by atoms with Crippen molar-refractivity contribution in [3.8, 4) is 0 Å². The molecule has 0 bridgehead atoms. The fraction of sp³-hybridized carbons (Fsp3) is 0.222. The van der Waals surface area contributed by atoms with Gasteiger partial charge in [0.05, 0.1) is 12.9 Å². The van der Waals surface area contributed by atoms with Gasteiger partial charge in [-0.25, -0.2) is 4.98 Å². The average Bonchev–Trinajstić information content (AvgIpc) is 2.72. The van der Waals surface area contributed by atoms with Crippen LogP contribution in [0, 0.1) is 6.92 Å². The second-order valence-corrected chi connectivity index (χ2v) is 3.19. The number of amides is 1. The highest BCUT2D eigenvalue weighted by Crippen LogP contribution is 1.97. The van der Waals surface area contributed by atoms with Crippen molar-refractivity contribution in [2.24, 2.45) is 0 Å². The molecule has 17 heavy (non-hydrogen) atoms. The smallest absolute Gasteiger partial charge is 0.270 e. The first-order valence-corrected chi connectivity index (χ1v) is 4.77.